The molecule has 0 fully saturated rings. The minimum absolute atomic E-state index is 0.390. The molecule has 0 atom stereocenters. The van der Waals surface area contributed by atoms with Crippen molar-refractivity contribution in [3.05, 3.63) is 30.3 Å². The Labute approximate surface area is 80.9 Å². The van der Waals surface area contributed by atoms with Crippen molar-refractivity contribution >= 4 is 18.6 Å². The van der Waals surface area contributed by atoms with Crippen LogP contribution in [0.5, 0.6) is 0 Å². The zero-order valence-electron chi connectivity index (χ0n) is 6.75. The first-order valence-electron chi connectivity index (χ1n) is 3.75. The van der Waals surface area contributed by atoms with Crippen LogP contribution in [-0.4, -0.2) is 14.4 Å². The summed E-state index contributed by atoms with van der Waals surface area (Å²) in [6.45, 7) is 0. The maximum absolute atomic E-state index is 5.63. The Morgan fingerprint density at radius 3 is 2.46 bits per heavy atom. The van der Waals surface area contributed by atoms with Crippen LogP contribution in [0.4, 0.5) is 5.82 Å². The molecule has 13 heavy (non-hydrogen) atoms. The molecule has 2 rings (SSSR count). The largest absolute Gasteiger partial charge is 0.380 e. The maximum Gasteiger partial charge on any atom is 0.175 e. The molecule has 0 radical (unpaired) electrons. The monoisotopic (exact) mass is 192 g/mol. The molecule has 0 unspecified atom stereocenters. The summed E-state index contributed by atoms with van der Waals surface area (Å²) in [4.78, 5) is 0. The van der Waals surface area contributed by atoms with Crippen molar-refractivity contribution < 1.29 is 0 Å². The summed E-state index contributed by atoms with van der Waals surface area (Å²) >= 11 is 4.09. The van der Waals surface area contributed by atoms with Gasteiger partial charge in [0.05, 0.1) is 0 Å². The molecule has 1 heterocycles. The number of nitrogen functional groups attached to an aromatic ring is 1. The van der Waals surface area contributed by atoms with Crippen LogP contribution in [0.25, 0.3) is 11.3 Å². The predicted molar refractivity (Wildman–Crippen MR) is 54.3 cm³/mol. The average Bonchev–Trinajstić information content (AvgIpc) is 2.48. The molecule has 5 heteroatoms. The minimum Gasteiger partial charge on any atom is -0.380 e. The number of anilines is 1. The summed E-state index contributed by atoms with van der Waals surface area (Å²) in [5, 5.41) is 7.41. The van der Waals surface area contributed by atoms with Gasteiger partial charge in [-0.1, -0.05) is 35.5 Å². The van der Waals surface area contributed by atoms with E-state index in [2.05, 4.69) is 23.1 Å². The molecule has 0 saturated heterocycles. The third kappa shape index (κ3) is 1.38. The molecular weight excluding hydrogens is 184 g/mol. The van der Waals surface area contributed by atoms with E-state index in [0.717, 1.165) is 11.3 Å². The van der Waals surface area contributed by atoms with Gasteiger partial charge in [0.1, 0.15) is 5.69 Å². The second kappa shape index (κ2) is 3.10. The number of hydrogen-bond acceptors (Lipinski definition) is 4. The number of nitrogens with two attached hydrogens (primary N) is 1. The van der Waals surface area contributed by atoms with E-state index >= 15 is 0 Å². The van der Waals surface area contributed by atoms with Crippen molar-refractivity contribution in [3.63, 3.8) is 0 Å². The van der Waals surface area contributed by atoms with E-state index in [9.17, 15) is 0 Å². The number of benzene rings is 1. The zero-order valence-corrected chi connectivity index (χ0v) is 7.65. The van der Waals surface area contributed by atoms with E-state index < -0.39 is 0 Å². The highest BCUT2D eigenvalue weighted by Crippen LogP contribution is 2.23. The van der Waals surface area contributed by atoms with Crippen molar-refractivity contribution in [2.75, 3.05) is 5.73 Å². The Bertz CT molecular complexity index is 390. The topological polar surface area (TPSA) is 56.7 Å². The van der Waals surface area contributed by atoms with Gasteiger partial charge in [-0.2, -0.15) is 4.09 Å². The quantitative estimate of drug-likeness (QED) is 0.668. The second-order valence-electron chi connectivity index (χ2n) is 2.58. The fourth-order valence-electron chi connectivity index (χ4n) is 1.14. The highest BCUT2D eigenvalue weighted by Gasteiger charge is 2.09. The standard InChI is InChI=1S/C8H8N4S/c9-8-7(12(13)11-10-8)6-4-2-1-3-5-6/h1-5,13H,9H2. The van der Waals surface area contributed by atoms with Crippen molar-refractivity contribution in [2.45, 2.75) is 0 Å². The normalized spacial score (nSPS) is 10.2. The summed E-state index contributed by atoms with van der Waals surface area (Å²) in [7, 11) is 0. The first-order valence-corrected chi connectivity index (χ1v) is 4.15. The van der Waals surface area contributed by atoms with Gasteiger partial charge in [-0.05, 0) is 12.8 Å². The van der Waals surface area contributed by atoms with Crippen LogP contribution in [0.15, 0.2) is 30.3 Å². The number of thiol groups is 1. The maximum atomic E-state index is 5.63. The average molecular weight is 192 g/mol. The summed E-state index contributed by atoms with van der Waals surface area (Å²) in [6, 6.07) is 9.65. The second-order valence-corrected chi connectivity index (χ2v) is 2.96. The third-order valence-corrected chi connectivity index (χ3v) is 2.01. The first kappa shape index (κ1) is 8.12. The Hall–Kier alpha value is -1.49. The van der Waals surface area contributed by atoms with E-state index in [1.807, 2.05) is 30.3 Å². The van der Waals surface area contributed by atoms with Crippen LogP contribution in [0.2, 0.25) is 0 Å². The lowest BCUT2D eigenvalue weighted by Gasteiger charge is -1.99. The Morgan fingerprint density at radius 2 is 1.92 bits per heavy atom. The van der Waals surface area contributed by atoms with Gasteiger partial charge in [0, 0.05) is 5.56 Å². The molecule has 0 aliphatic carbocycles. The molecule has 4 nitrogen and oxygen atoms in total. The molecule has 0 bridgehead atoms. The van der Waals surface area contributed by atoms with Gasteiger partial charge in [0.15, 0.2) is 5.82 Å². The fraction of sp³-hybridized carbons (Fsp3) is 0. The van der Waals surface area contributed by atoms with Crippen LogP contribution < -0.4 is 5.73 Å². The van der Waals surface area contributed by atoms with Crippen molar-refractivity contribution in [1.29, 1.82) is 0 Å². The van der Waals surface area contributed by atoms with Gasteiger partial charge in [-0.25, -0.2) is 0 Å². The molecule has 0 aliphatic heterocycles. The summed E-state index contributed by atoms with van der Waals surface area (Å²) < 4.78 is 1.37. The summed E-state index contributed by atoms with van der Waals surface area (Å²) in [6.07, 6.45) is 0. The lowest BCUT2D eigenvalue weighted by atomic mass is 10.2. The van der Waals surface area contributed by atoms with Gasteiger partial charge in [-0.3, -0.25) is 0 Å². The van der Waals surface area contributed by atoms with E-state index in [1.54, 1.807) is 0 Å². The van der Waals surface area contributed by atoms with Crippen molar-refractivity contribution in [3.8, 4) is 11.3 Å². The zero-order chi connectivity index (χ0) is 9.26. The fourth-order valence-corrected chi connectivity index (χ4v) is 1.40. The lowest BCUT2D eigenvalue weighted by Crippen LogP contribution is -1.90. The number of nitrogens with zero attached hydrogens (tertiary/aromatic N) is 3. The van der Waals surface area contributed by atoms with Crippen LogP contribution in [0, 0.1) is 0 Å². The third-order valence-electron chi connectivity index (χ3n) is 1.73. The smallest absolute Gasteiger partial charge is 0.175 e. The van der Waals surface area contributed by atoms with Crippen LogP contribution in [0.3, 0.4) is 0 Å². The molecule has 0 aliphatic rings. The lowest BCUT2D eigenvalue weighted by molar-refractivity contribution is 0.902. The highest BCUT2D eigenvalue weighted by molar-refractivity contribution is 7.78. The van der Waals surface area contributed by atoms with Crippen LogP contribution >= 0.6 is 12.8 Å². The molecule has 2 aromatic rings. The predicted octanol–water partition coefficient (Wildman–Crippen LogP) is 1.22. The van der Waals surface area contributed by atoms with Crippen molar-refractivity contribution in [2.24, 2.45) is 0 Å². The molecule has 0 spiro atoms. The SMILES string of the molecule is Nc1nnn(S)c1-c1ccccc1. The Morgan fingerprint density at radius 1 is 1.23 bits per heavy atom. The summed E-state index contributed by atoms with van der Waals surface area (Å²) in [5.41, 5.74) is 7.31. The molecule has 66 valence electrons. The van der Waals surface area contributed by atoms with Crippen LogP contribution in [0.1, 0.15) is 0 Å². The summed E-state index contributed by atoms with van der Waals surface area (Å²) in [5.74, 6) is 0.390. The van der Waals surface area contributed by atoms with Gasteiger partial charge in [-0.15, -0.1) is 5.10 Å². The molecule has 2 N–H and O–H groups in total. The Balaban J connectivity index is 2.59. The number of hydrogen-bond donors (Lipinski definition) is 2. The Kier molecular flexibility index (Phi) is 1.94. The minimum atomic E-state index is 0.390. The van der Waals surface area contributed by atoms with Gasteiger partial charge in [0.2, 0.25) is 0 Å². The van der Waals surface area contributed by atoms with E-state index in [4.69, 9.17) is 5.73 Å². The first-order chi connectivity index (χ1) is 6.29. The van der Waals surface area contributed by atoms with Gasteiger partial charge >= 0.3 is 0 Å². The molecule has 1 aromatic carbocycles. The molecule has 1 aromatic heterocycles. The van der Waals surface area contributed by atoms with Gasteiger partial charge < -0.3 is 5.73 Å². The van der Waals surface area contributed by atoms with E-state index in [0.29, 0.717) is 5.82 Å². The number of aromatic nitrogens is 3. The molecule has 0 amide bonds. The van der Waals surface area contributed by atoms with Gasteiger partial charge in [0.25, 0.3) is 0 Å². The van der Waals surface area contributed by atoms with E-state index in [-0.39, 0.29) is 0 Å². The molecular formula is C8H8N4S. The number of rotatable bonds is 1. The highest BCUT2D eigenvalue weighted by atomic mass is 32.1. The van der Waals surface area contributed by atoms with E-state index in [1.165, 1.54) is 4.09 Å². The molecule has 0 saturated carbocycles. The van der Waals surface area contributed by atoms with Crippen LogP contribution in [-0.2, 0) is 0 Å². The van der Waals surface area contributed by atoms with Crippen molar-refractivity contribution in [1.82, 2.24) is 14.4 Å².